The van der Waals surface area contributed by atoms with E-state index in [-0.39, 0.29) is 30.5 Å². The van der Waals surface area contributed by atoms with Crippen molar-refractivity contribution in [1.29, 1.82) is 0 Å². The second-order valence-electron chi connectivity index (χ2n) is 9.00. The normalized spacial score (nSPS) is 19.8. The molecule has 0 fully saturated rings. The van der Waals surface area contributed by atoms with Gasteiger partial charge in [0, 0.05) is 23.7 Å². The van der Waals surface area contributed by atoms with Gasteiger partial charge in [-0.1, -0.05) is 17.7 Å². The molecule has 4 rings (SSSR count). The molecular formula is C23H29N5O7S2. The molecule has 2 aromatic rings. The van der Waals surface area contributed by atoms with Crippen LogP contribution in [0, 0.1) is 6.92 Å². The summed E-state index contributed by atoms with van der Waals surface area (Å²) >= 11 is 0. The highest BCUT2D eigenvalue weighted by Gasteiger charge is 2.37. The van der Waals surface area contributed by atoms with E-state index in [1.165, 1.54) is 24.5 Å². The lowest BCUT2D eigenvalue weighted by molar-refractivity contribution is -0.129. The number of benzene rings is 1. The SMILES string of the molecule is Cc1ccc(S(=O)(=O)N2C=CNC(=O)[C@H]2CC(=O)N[C@H]2CCCc3c2cnn3CCOS(C)(=O)=O)cc1. The zero-order valence-electron chi connectivity index (χ0n) is 20.5. The molecule has 37 heavy (non-hydrogen) atoms. The van der Waals surface area contributed by atoms with Gasteiger partial charge in [0.1, 0.15) is 6.04 Å². The summed E-state index contributed by atoms with van der Waals surface area (Å²) in [6.45, 7) is 2.02. The summed E-state index contributed by atoms with van der Waals surface area (Å²) in [5.74, 6) is -1.08. The Kier molecular flexibility index (Phi) is 7.71. The van der Waals surface area contributed by atoms with Crippen molar-refractivity contribution < 1.29 is 30.6 Å². The Balaban J connectivity index is 1.46. The molecule has 2 heterocycles. The maximum atomic E-state index is 13.2. The summed E-state index contributed by atoms with van der Waals surface area (Å²) in [6, 6.07) is 4.63. The molecule has 1 aliphatic heterocycles. The standard InChI is InChI=1S/C23H29N5O7S2/c1-16-6-8-17(9-7-16)37(33,34)28-11-10-24-23(30)21(28)14-22(29)26-19-4-3-5-20-18(19)15-25-27(20)12-13-35-36(2,31)32/h6-11,15,19,21H,3-5,12-14H2,1-2H3,(H,24,30)(H,26,29)/t19-,21+/m0/s1. The van der Waals surface area contributed by atoms with E-state index in [9.17, 15) is 26.4 Å². The average molecular weight is 552 g/mol. The maximum absolute atomic E-state index is 13.2. The molecule has 2 aliphatic rings. The van der Waals surface area contributed by atoms with Crippen LogP contribution in [-0.2, 0) is 46.9 Å². The largest absolute Gasteiger partial charge is 0.349 e. The van der Waals surface area contributed by atoms with E-state index in [0.717, 1.165) is 33.8 Å². The molecule has 1 aromatic heterocycles. The summed E-state index contributed by atoms with van der Waals surface area (Å²) in [5.41, 5.74) is 2.56. The number of nitrogens with zero attached hydrogens (tertiary/aromatic N) is 3. The van der Waals surface area contributed by atoms with Crippen molar-refractivity contribution in [3.8, 4) is 0 Å². The second kappa shape index (κ2) is 10.6. The molecule has 2 amide bonds. The van der Waals surface area contributed by atoms with Gasteiger partial charge >= 0.3 is 0 Å². The Morgan fingerprint density at radius 2 is 1.95 bits per heavy atom. The summed E-state index contributed by atoms with van der Waals surface area (Å²) in [6.07, 6.45) is 6.83. The Morgan fingerprint density at radius 1 is 1.22 bits per heavy atom. The number of aryl methyl sites for hydroxylation is 1. The van der Waals surface area contributed by atoms with Crippen LogP contribution in [0.15, 0.2) is 47.8 Å². The van der Waals surface area contributed by atoms with Gasteiger partial charge in [0.25, 0.3) is 20.1 Å². The van der Waals surface area contributed by atoms with Crippen molar-refractivity contribution in [2.24, 2.45) is 0 Å². The Hall–Kier alpha value is -3.23. The molecule has 2 N–H and O–H groups in total. The highest BCUT2D eigenvalue weighted by atomic mass is 32.2. The van der Waals surface area contributed by atoms with Gasteiger partial charge in [-0.25, -0.2) is 8.42 Å². The minimum Gasteiger partial charge on any atom is -0.349 e. The fraction of sp³-hybridized carbons (Fsp3) is 0.435. The number of sulfonamides is 1. The Morgan fingerprint density at radius 3 is 2.65 bits per heavy atom. The summed E-state index contributed by atoms with van der Waals surface area (Å²) in [4.78, 5) is 25.7. The van der Waals surface area contributed by atoms with Crippen LogP contribution in [0.1, 0.15) is 42.1 Å². The number of carbonyl (C=O) groups is 2. The molecule has 1 aliphatic carbocycles. The Bertz CT molecular complexity index is 1420. The number of hydrogen-bond acceptors (Lipinski definition) is 8. The van der Waals surface area contributed by atoms with Crippen molar-refractivity contribution in [2.45, 2.75) is 56.1 Å². The van der Waals surface area contributed by atoms with Gasteiger partial charge in [0.2, 0.25) is 11.8 Å². The Labute approximate surface area is 215 Å². The molecule has 0 radical (unpaired) electrons. The first-order valence-corrected chi connectivity index (χ1v) is 15.0. The second-order valence-corrected chi connectivity index (χ2v) is 12.5. The average Bonchev–Trinajstić information content (AvgIpc) is 3.24. The number of fused-ring (bicyclic) bond motifs is 1. The van der Waals surface area contributed by atoms with E-state index in [1.54, 1.807) is 23.0 Å². The first-order valence-electron chi connectivity index (χ1n) is 11.7. The highest BCUT2D eigenvalue weighted by Crippen LogP contribution is 2.30. The van der Waals surface area contributed by atoms with Crippen molar-refractivity contribution in [3.05, 3.63) is 59.7 Å². The molecule has 0 spiro atoms. The van der Waals surface area contributed by atoms with Crippen LogP contribution in [0.5, 0.6) is 0 Å². The van der Waals surface area contributed by atoms with Gasteiger partial charge < -0.3 is 10.6 Å². The van der Waals surface area contributed by atoms with Crippen molar-refractivity contribution in [1.82, 2.24) is 24.7 Å². The molecule has 0 saturated carbocycles. The van der Waals surface area contributed by atoms with Gasteiger partial charge in [0.05, 0.1) is 43.0 Å². The summed E-state index contributed by atoms with van der Waals surface area (Å²) < 4.78 is 56.3. The smallest absolute Gasteiger partial charge is 0.264 e. The number of nitrogens with one attached hydrogen (secondary N) is 2. The van der Waals surface area contributed by atoms with Crippen LogP contribution in [-0.4, -0.2) is 61.6 Å². The molecule has 0 bridgehead atoms. The first-order chi connectivity index (χ1) is 17.5. The number of rotatable bonds is 9. The minimum absolute atomic E-state index is 0.0204. The molecule has 200 valence electrons. The highest BCUT2D eigenvalue weighted by molar-refractivity contribution is 7.89. The molecule has 2 atom stereocenters. The first kappa shape index (κ1) is 26.8. The maximum Gasteiger partial charge on any atom is 0.264 e. The lowest BCUT2D eigenvalue weighted by atomic mass is 9.92. The van der Waals surface area contributed by atoms with Crippen molar-refractivity contribution in [3.63, 3.8) is 0 Å². The predicted molar refractivity (Wildman–Crippen MR) is 133 cm³/mol. The molecule has 1 aromatic carbocycles. The van der Waals surface area contributed by atoms with E-state index in [4.69, 9.17) is 4.18 Å². The van der Waals surface area contributed by atoms with E-state index in [0.29, 0.717) is 12.8 Å². The molecule has 0 unspecified atom stereocenters. The molecule has 14 heteroatoms. The molecular weight excluding hydrogens is 522 g/mol. The molecule has 0 saturated heterocycles. The van der Waals surface area contributed by atoms with Crippen LogP contribution < -0.4 is 10.6 Å². The van der Waals surface area contributed by atoms with E-state index in [2.05, 4.69) is 15.7 Å². The van der Waals surface area contributed by atoms with E-state index in [1.807, 2.05) is 6.92 Å². The van der Waals surface area contributed by atoms with Crippen molar-refractivity contribution in [2.75, 3.05) is 12.9 Å². The van der Waals surface area contributed by atoms with Crippen LogP contribution >= 0.6 is 0 Å². The lowest BCUT2D eigenvalue weighted by Crippen LogP contribution is -2.51. The number of hydrogen-bond donors (Lipinski definition) is 2. The van der Waals surface area contributed by atoms with Crippen molar-refractivity contribution >= 4 is 32.0 Å². The van der Waals surface area contributed by atoms with Gasteiger partial charge in [-0.3, -0.25) is 22.8 Å². The topological polar surface area (TPSA) is 157 Å². The quantitative estimate of drug-likeness (QED) is 0.432. The lowest BCUT2D eigenvalue weighted by Gasteiger charge is -2.32. The van der Waals surface area contributed by atoms with Gasteiger partial charge in [-0.15, -0.1) is 0 Å². The third-order valence-electron chi connectivity index (χ3n) is 6.23. The third-order valence-corrected chi connectivity index (χ3v) is 8.62. The molecule has 12 nitrogen and oxygen atoms in total. The number of amides is 2. The monoisotopic (exact) mass is 551 g/mol. The minimum atomic E-state index is -4.07. The van der Waals surface area contributed by atoms with Gasteiger partial charge in [-0.2, -0.15) is 13.5 Å². The van der Waals surface area contributed by atoms with Gasteiger partial charge in [-0.05, 0) is 38.3 Å². The zero-order valence-corrected chi connectivity index (χ0v) is 22.1. The fourth-order valence-corrected chi connectivity index (χ4v) is 6.26. The fourth-order valence-electron chi connectivity index (χ4n) is 4.44. The number of aromatic nitrogens is 2. The summed E-state index contributed by atoms with van der Waals surface area (Å²) in [7, 11) is -7.63. The predicted octanol–water partition coefficient (Wildman–Crippen LogP) is 0.712. The van der Waals surface area contributed by atoms with Crippen LogP contribution in [0.3, 0.4) is 0 Å². The van der Waals surface area contributed by atoms with Crippen LogP contribution in [0.25, 0.3) is 0 Å². The number of carbonyl (C=O) groups excluding carboxylic acids is 2. The van der Waals surface area contributed by atoms with Crippen LogP contribution in [0.4, 0.5) is 0 Å². The van der Waals surface area contributed by atoms with Gasteiger partial charge in [0.15, 0.2) is 0 Å². The zero-order chi connectivity index (χ0) is 26.8. The third kappa shape index (κ3) is 6.19. The van der Waals surface area contributed by atoms with E-state index < -0.39 is 38.0 Å². The van der Waals surface area contributed by atoms with Crippen LogP contribution in [0.2, 0.25) is 0 Å². The summed E-state index contributed by atoms with van der Waals surface area (Å²) in [5, 5.41) is 9.71. The van der Waals surface area contributed by atoms with E-state index >= 15 is 0 Å².